The van der Waals surface area contributed by atoms with Gasteiger partial charge in [0.15, 0.2) is 11.6 Å². The normalized spacial score (nSPS) is 10.5. The third kappa shape index (κ3) is 3.65. The van der Waals surface area contributed by atoms with Gasteiger partial charge in [0.2, 0.25) is 5.95 Å². The molecule has 0 fully saturated rings. The van der Waals surface area contributed by atoms with Gasteiger partial charge in [-0.1, -0.05) is 6.92 Å². The summed E-state index contributed by atoms with van der Waals surface area (Å²) in [7, 11) is 0. The lowest BCUT2D eigenvalue weighted by atomic mass is 10.2. The monoisotopic (exact) mass is 292 g/mol. The molecule has 0 saturated carbocycles. The Kier molecular flexibility index (Phi) is 5.03. The van der Waals surface area contributed by atoms with Crippen molar-refractivity contribution in [2.45, 2.75) is 20.3 Å². The molecule has 4 nitrogen and oxygen atoms in total. The fourth-order valence-electron chi connectivity index (χ4n) is 1.95. The van der Waals surface area contributed by atoms with Gasteiger partial charge in [0.25, 0.3) is 0 Å². The first-order valence-electron chi connectivity index (χ1n) is 6.95. The summed E-state index contributed by atoms with van der Waals surface area (Å²) < 4.78 is 27.0. The van der Waals surface area contributed by atoms with E-state index in [1.807, 2.05) is 13.8 Å². The van der Waals surface area contributed by atoms with Gasteiger partial charge in [-0.2, -0.15) is 4.98 Å². The van der Waals surface area contributed by atoms with E-state index in [0.717, 1.165) is 12.6 Å². The zero-order valence-electron chi connectivity index (χ0n) is 12.1. The van der Waals surface area contributed by atoms with E-state index in [1.165, 1.54) is 12.1 Å². The Morgan fingerprint density at radius 3 is 2.48 bits per heavy atom. The number of hydrogen-bond acceptors (Lipinski definition) is 4. The van der Waals surface area contributed by atoms with Crippen LogP contribution in [0.3, 0.4) is 0 Å². The zero-order valence-corrected chi connectivity index (χ0v) is 12.1. The number of hydrogen-bond donors (Lipinski definition) is 1. The smallest absolute Gasteiger partial charge is 0.224 e. The minimum atomic E-state index is -0.511. The molecule has 0 radical (unpaired) electrons. The van der Waals surface area contributed by atoms with Gasteiger partial charge in [-0.15, -0.1) is 0 Å². The van der Waals surface area contributed by atoms with E-state index in [0.29, 0.717) is 24.7 Å². The number of nitrogens with zero attached hydrogens (tertiary/aromatic N) is 3. The molecule has 0 amide bonds. The van der Waals surface area contributed by atoms with Crippen LogP contribution in [0.1, 0.15) is 20.3 Å². The van der Waals surface area contributed by atoms with Gasteiger partial charge in [0.05, 0.1) is 6.20 Å². The van der Waals surface area contributed by atoms with E-state index in [4.69, 9.17) is 0 Å². The Morgan fingerprint density at radius 1 is 1.14 bits per heavy atom. The first-order chi connectivity index (χ1) is 10.2. The van der Waals surface area contributed by atoms with Crippen LogP contribution in [0.5, 0.6) is 0 Å². The third-order valence-corrected chi connectivity index (χ3v) is 2.97. The lowest BCUT2D eigenvalue weighted by molar-refractivity contribution is 0.611. The van der Waals surface area contributed by atoms with Gasteiger partial charge in [-0.3, -0.25) is 0 Å². The SMILES string of the molecule is CCCNc1ncc(F)c(N(CC)c2ccc(F)cc2)n1. The van der Waals surface area contributed by atoms with Gasteiger partial charge >= 0.3 is 0 Å². The van der Waals surface area contributed by atoms with E-state index in [-0.39, 0.29) is 11.6 Å². The number of aromatic nitrogens is 2. The molecule has 1 aromatic heterocycles. The van der Waals surface area contributed by atoms with Crippen LogP contribution in [0.4, 0.5) is 26.2 Å². The van der Waals surface area contributed by atoms with Gasteiger partial charge in [-0.05, 0) is 37.6 Å². The highest BCUT2D eigenvalue weighted by Crippen LogP contribution is 2.26. The topological polar surface area (TPSA) is 41.1 Å². The largest absolute Gasteiger partial charge is 0.354 e. The van der Waals surface area contributed by atoms with E-state index in [1.54, 1.807) is 17.0 Å². The predicted octanol–water partition coefficient (Wildman–Crippen LogP) is 3.73. The van der Waals surface area contributed by atoms with Crippen molar-refractivity contribution in [3.8, 4) is 0 Å². The standard InChI is InChI=1S/C15H18F2N4/c1-3-9-18-15-19-10-13(17)14(20-15)21(4-2)12-7-5-11(16)6-8-12/h5-8,10H,3-4,9H2,1-2H3,(H,18,19,20). The van der Waals surface area contributed by atoms with Crippen molar-refractivity contribution < 1.29 is 8.78 Å². The van der Waals surface area contributed by atoms with Gasteiger partial charge in [0.1, 0.15) is 5.82 Å². The second-order valence-electron chi connectivity index (χ2n) is 4.51. The molecule has 1 N–H and O–H groups in total. The van der Waals surface area contributed by atoms with Crippen LogP contribution in [-0.4, -0.2) is 23.1 Å². The minimum absolute atomic E-state index is 0.178. The van der Waals surface area contributed by atoms with Crippen molar-refractivity contribution in [2.75, 3.05) is 23.3 Å². The van der Waals surface area contributed by atoms with Crippen molar-refractivity contribution in [3.63, 3.8) is 0 Å². The lowest BCUT2D eigenvalue weighted by Crippen LogP contribution is -2.20. The molecular formula is C15H18F2N4. The van der Waals surface area contributed by atoms with Crippen molar-refractivity contribution in [3.05, 3.63) is 42.1 Å². The van der Waals surface area contributed by atoms with Gasteiger partial charge in [0, 0.05) is 18.8 Å². The Balaban J connectivity index is 2.34. The highest BCUT2D eigenvalue weighted by Gasteiger charge is 2.15. The molecule has 0 unspecified atom stereocenters. The summed E-state index contributed by atoms with van der Waals surface area (Å²) in [6, 6.07) is 5.87. The number of nitrogens with one attached hydrogen (secondary N) is 1. The van der Waals surface area contributed by atoms with E-state index in [2.05, 4.69) is 15.3 Å². The maximum absolute atomic E-state index is 14.0. The molecule has 0 aliphatic heterocycles. The third-order valence-electron chi connectivity index (χ3n) is 2.97. The lowest BCUT2D eigenvalue weighted by Gasteiger charge is -2.22. The Morgan fingerprint density at radius 2 is 1.86 bits per heavy atom. The molecule has 0 saturated heterocycles. The molecule has 6 heteroatoms. The predicted molar refractivity (Wildman–Crippen MR) is 79.9 cm³/mol. The second-order valence-corrected chi connectivity index (χ2v) is 4.51. The van der Waals surface area contributed by atoms with E-state index >= 15 is 0 Å². The molecule has 0 spiro atoms. The van der Waals surface area contributed by atoms with Crippen molar-refractivity contribution in [1.29, 1.82) is 0 Å². The van der Waals surface area contributed by atoms with Crippen LogP contribution in [0.25, 0.3) is 0 Å². The highest BCUT2D eigenvalue weighted by molar-refractivity contribution is 5.61. The quantitative estimate of drug-likeness (QED) is 0.880. The summed E-state index contributed by atoms with van der Waals surface area (Å²) in [5.74, 6) is -0.280. The Labute approximate surface area is 122 Å². The van der Waals surface area contributed by atoms with Gasteiger partial charge in [-0.25, -0.2) is 13.8 Å². The molecule has 0 aliphatic rings. The minimum Gasteiger partial charge on any atom is -0.354 e. The Bertz CT molecular complexity index is 587. The van der Waals surface area contributed by atoms with Crippen LogP contribution in [0.2, 0.25) is 0 Å². The Hall–Kier alpha value is -2.24. The summed E-state index contributed by atoms with van der Waals surface area (Å²) >= 11 is 0. The summed E-state index contributed by atoms with van der Waals surface area (Å²) in [5, 5.41) is 3.03. The van der Waals surface area contributed by atoms with Crippen LogP contribution in [-0.2, 0) is 0 Å². The fourth-order valence-corrected chi connectivity index (χ4v) is 1.95. The number of rotatable bonds is 6. The zero-order chi connectivity index (χ0) is 15.2. The van der Waals surface area contributed by atoms with E-state index in [9.17, 15) is 8.78 Å². The molecule has 2 aromatic rings. The number of benzene rings is 1. The maximum atomic E-state index is 14.0. The molecule has 0 atom stereocenters. The number of halogens is 2. The molecule has 0 aliphatic carbocycles. The van der Waals surface area contributed by atoms with Crippen LogP contribution in [0, 0.1) is 11.6 Å². The summed E-state index contributed by atoms with van der Waals surface area (Å²) in [4.78, 5) is 9.81. The molecular weight excluding hydrogens is 274 g/mol. The fraction of sp³-hybridized carbons (Fsp3) is 0.333. The van der Waals surface area contributed by atoms with Crippen molar-refractivity contribution >= 4 is 17.5 Å². The van der Waals surface area contributed by atoms with E-state index < -0.39 is 5.82 Å². The summed E-state index contributed by atoms with van der Waals surface area (Å²) in [5.41, 5.74) is 0.679. The highest BCUT2D eigenvalue weighted by atomic mass is 19.1. The molecule has 112 valence electrons. The maximum Gasteiger partial charge on any atom is 0.224 e. The van der Waals surface area contributed by atoms with Crippen molar-refractivity contribution in [1.82, 2.24) is 9.97 Å². The van der Waals surface area contributed by atoms with Crippen LogP contribution in [0.15, 0.2) is 30.5 Å². The number of anilines is 3. The first-order valence-corrected chi connectivity index (χ1v) is 6.95. The molecule has 0 bridgehead atoms. The molecule has 2 rings (SSSR count). The van der Waals surface area contributed by atoms with Crippen LogP contribution >= 0.6 is 0 Å². The molecule has 21 heavy (non-hydrogen) atoms. The summed E-state index contributed by atoms with van der Waals surface area (Å²) in [6.07, 6.45) is 2.07. The second kappa shape index (κ2) is 6.97. The van der Waals surface area contributed by atoms with Gasteiger partial charge < -0.3 is 10.2 Å². The first kappa shape index (κ1) is 15.2. The molecule has 1 heterocycles. The average molecular weight is 292 g/mol. The van der Waals surface area contributed by atoms with Crippen LogP contribution < -0.4 is 10.2 Å². The molecule has 1 aromatic carbocycles. The van der Waals surface area contributed by atoms with Crippen molar-refractivity contribution in [2.24, 2.45) is 0 Å². The average Bonchev–Trinajstić information content (AvgIpc) is 2.50. The summed E-state index contributed by atoms with van der Waals surface area (Å²) in [6.45, 7) is 5.12.